The van der Waals surface area contributed by atoms with Crippen LogP contribution >= 0.6 is 21.6 Å². The van der Waals surface area contributed by atoms with Crippen molar-refractivity contribution in [3.05, 3.63) is 71.3 Å². The summed E-state index contributed by atoms with van der Waals surface area (Å²) >= 11 is 0. The summed E-state index contributed by atoms with van der Waals surface area (Å²) in [6, 6.07) is 14.7. The zero-order valence-corrected chi connectivity index (χ0v) is 18.9. The van der Waals surface area contributed by atoms with Gasteiger partial charge in [0.25, 0.3) is 5.91 Å². The minimum absolute atomic E-state index is 0.0207. The number of amides is 2. The van der Waals surface area contributed by atoms with Crippen LogP contribution in [0.4, 0.5) is 0 Å². The van der Waals surface area contributed by atoms with E-state index >= 15 is 0 Å². The largest absolute Gasteiger partial charge is 0.337 e. The van der Waals surface area contributed by atoms with Gasteiger partial charge in [-0.2, -0.15) is 0 Å². The standard InChI is InChI=1S/C22H27N3O3S2/c1-22(2,3)30-29-13-18(23)21(28)25-14-24-20(27)17-11-9-16(10-12-17)19(26)15-7-5-4-6-8-15/h4-12,18H,13-14,23H2,1-3H3,(H,24,27)(H,25,28). The molecule has 4 N–H and O–H groups in total. The number of hydrogen-bond acceptors (Lipinski definition) is 6. The number of nitrogens with one attached hydrogen (secondary N) is 2. The quantitative estimate of drug-likeness (QED) is 0.311. The van der Waals surface area contributed by atoms with E-state index < -0.39 is 6.04 Å². The van der Waals surface area contributed by atoms with Crippen LogP contribution in [0.15, 0.2) is 54.6 Å². The maximum Gasteiger partial charge on any atom is 0.252 e. The molecular formula is C22H27N3O3S2. The Morgan fingerprint density at radius 3 is 2.07 bits per heavy atom. The first-order valence-electron chi connectivity index (χ1n) is 9.49. The Bertz CT molecular complexity index is 865. The minimum Gasteiger partial charge on any atom is -0.337 e. The summed E-state index contributed by atoms with van der Waals surface area (Å²) in [6.45, 7) is 6.26. The molecule has 2 rings (SSSR count). The third-order valence-electron chi connectivity index (χ3n) is 3.85. The molecule has 0 fully saturated rings. The van der Waals surface area contributed by atoms with E-state index in [9.17, 15) is 14.4 Å². The van der Waals surface area contributed by atoms with E-state index in [0.717, 1.165) is 0 Å². The van der Waals surface area contributed by atoms with Crippen LogP contribution in [0, 0.1) is 0 Å². The molecule has 2 aromatic rings. The van der Waals surface area contributed by atoms with Crippen LogP contribution in [-0.4, -0.2) is 40.8 Å². The van der Waals surface area contributed by atoms with Crippen molar-refractivity contribution in [2.45, 2.75) is 31.6 Å². The van der Waals surface area contributed by atoms with E-state index in [-0.39, 0.29) is 29.0 Å². The smallest absolute Gasteiger partial charge is 0.252 e. The van der Waals surface area contributed by atoms with E-state index in [1.807, 2.05) is 6.07 Å². The van der Waals surface area contributed by atoms with Gasteiger partial charge in [-0.05, 0) is 12.1 Å². The Labute approximate surface area is 185 Å². The average molecular weight is 446 g/mol. The molecule has 6 nitrogen and oxygen atoms in total. The lowest BCUT2D eigenvalue weighted by Gasteiger charge is -2.18. The van der Waals surface area contributed by atoms with E-state index in [0.29, 0.717) is 22.4 Å². The molecular weight excluding hydrogens is 418 g/mol. The highest BCUT2D eigenvalue weighted by Gasteiger charge is 2.17. The number of carbonyl (C=O) groups is 3. The van der Waals surface area contributed by atoms with Crippen molar-refractivity contribution in [1.82, 2.24) is 10.6 Å². The maximum absolute atomic E-state index is 12.4. The Kier molecular flexibility index (Phi) is 8.95. The van der Waals surface area contributed by atoms with Gasteiger partial charge in [0.1, 0.15) is 0 Å². The molecule has 0 bridgehead atoms. The van der Waals surface area contributed by atoms with Crippen LogP contribution < -0.4 is 16.4 Å². The predicted molar refractivity (Wildman–Crippen MR) is 125 cm³/mol. The Morgan fingerprint density at radius 2 is 1.47 bits per heavy atom. The van der Waals surface area contributed by atoms with Gasteiger partial charge >= 0.3 is 0 Å². The maximum atomic E-state index is 12.4. The lowest BCUT2D eigenvalue weighted by atomic mass is 10.0. The molecule has 0 radical (unpaired) electrons. The third-order valence-corrected chi connectivity index (χ3v) is 7.22. The summed E-state index contributed by atoms with van der Waals surface area (Å²) in [7, 11) is 3.22. The average Bonchev–Trinajstić information content (AvgIpc) is 2.72. The zero-order valence-electron chi connectivity index (χ0n) is 17.3. The second-order valence-electron chi connectivity index (χ2n) is 7.58. The first kappa shape index (κ1) is 24.0. The van der Waals surface area contributed by atoms with Crippen molar-refractivity contribution in [3.8, 4) is 0 Å². The first-order chi connectivity index (χ1) is 14.2. The lowest BCUT2D eigenvalue weighted by Crippen LogP contribution is -2.46. The third kappa shape index (κ3) is 7.85. The molecule has 0 saturated carbocycles. The highest BCUT2D eigenvalue weighted by molar-refractivity contribution is 8.77. The van der Waals surface area contributed by atoms with E-state index in [4.69, 9.17) is 5.73 Å². The second kappa shape index (κ2) is 11.2. The van der Waals surface area contributed by atoms with Crippen LogP contribution in [0.2, 0.25) is 0 Å². The summed E-state index contributed by atoms with van der Waals surface area (Å²) in [5.41, 5.74) is 7.37. The van der Waals surface area contributed by atoms with Crippen molar-refractivity contribution in [2.75, 3.05) is 12.4 Å². The molecule has 2 aromatic carbocycles. The molecule has 0 aliphatic heterocycles. The Morgan fingerprint density at radius 1 is 0.900 bits per heavy atom. The van der Waals surface area contributed by atoms with E-state index in [1.54, 1.807) is 70.1 Å². The molecule has 0 heterocycles. The van der Waals surface area contributed by atoms with Crippen LogP contribution in [0.1, 0.15) is 47.1 Å². The fraction of sp³-hybridized carbons (Fsp3) is 0.318. The summed E-state index contributed by atoms with van der Waals surface area (Å²) in [5.74, 6) is -0.286. The van der Waals surface area contributed by atoms with Crippen LogP contribution in [-0.2, 0) is 4.79 Å². The molecule has 30 heavy (non-hydrogen) atoms. The van der Waals surface area contributed by atoms with Gasteiger partial charge in [-0.25, -0.2) is 0 Å². The molecule has 0 aromatic heterocycles. The predicted octanol–water partition coefficient (Wildman–Crippen LogP) is 3.23. The summed E-state index contributed by atoms with van der Waals surface area (Å²) in [4.78, 5) is 36.7. The SMILES string of the molecule is CC(C)(C)SSCC(N)C(=O)NCNC(=O)c1ccc(C(=O)c2ccccc2)cc1. The molecule has 1 atom stereocenters. The van der Waals surface area contributed by atoms with Crippen molar-refractivity contribution in [2.24, 2.45) is 5.73 Å². The van der Waals surface area contributed by atoms with Gasteiger partial charge in [0.2, 0.25) is 5.91 Å². The zero-order chi connectivity index (χ0) is 22.1. The van der Waals surface area contributed by atoms with Gasteiger partial charge in [-0.1, -0.05) is 84.8 Å². The van der Waals surface area contributed by atoms with Crippen molar-refractivity contribution < 1.29 is 14.4 Å². The van der Waals surface area contributed by atoms with Crippen LogP contribution in [0.3, 0.4) is 0 Å². The fourth-order valence-electron chi connectivity index (χ4n) is 2.33. The van der Waals surface area contributed by atoms with Gasteiger partial charge in [0, 0.05) is 27.2 Å². The Balaban J connectivity index is 1.78. The molecule has 160 valence electrons. The van der Waals surface area contributed by atoms with Gasteiger partial charge in [0.05, 0.1) is 12.7 Å². The minimum atomic E-state index is -0.648. The summed E-state index contributed by atoms with van der Waals surface area (Å²) in [5, 5.41) is 5.23. The normalized spacial score (nSPS) is 12.1. The van der Waals surface area contributed by atoms with Crippen molar-refractivity contribution in [3.63, 3.8) is 0 Å². The molecule has 1 unspecified atom stereocenters. The number of carbonyl (C=O) groups excluding carboxylic acids is 3. The van der Waals surface area contributed by atoms with Gasteiger partial charge in [0.15, 0.2) is 5.78 Å². The van der Waals surface area contributed by atoms with Crippen molar-refractivity contribution in [1.29, 1.82) is 0 Å². The monoisotopic (exact) mass is 445 g/mol. The van der Waals surface area contributed by atoms with Gasteiger partial charge < -0.3 is 16.4 Å². The molecule has 2 amide bonds. The summed E-state index contributed by atoms with van der Waals surface area (Å²) < 4.78 is 0.0933. The molecule has 0 saturated heterocycles. The van der Waals surface area contributed by atoms with Crippen molar-refractivity contribution >= 4 is 39.2 Å². The van der Waals surface area contributed by atoms with Gasteiger partial charge in [-0.3, -0.25) is 14.4 Å². The second-order valence-corrected chi connectivity index (χ2v) is 10.8. The number of ketones is 1. The number of benzene rings is 2. The highest BCUT2D eigenvalue weighted by Crippen LogP contribution is 2.35. The van der Waals surface area contributed by atoms with Crippen LogP contribution in [0.5, 0.6) is 0 Å². The Hall–Kier alpha value is -2.29. The topological polar surface area (TPSA) is 101 Å². The molecule has 0 aliphatic carbocycles. The fourth-order valence-corrected chi connectivity index (χ4v) is 4.76. The number of hydrogen-bond donors (Lipinski definition) is 3. The highest BCUT2D eigenvalue weighted by atomic mass is 33.1. The van der Waals surface area contributed by atoms with Gasteiger partial charge in [-0.15, -0.1) is 0 Å². The van der Waals surface area contributed by atoms with E-state index in [1.165, 1.54) is 0 Å². The lowest BCUT2D eigenvalue weighted by molar-refractivity contribution is -0.121. The molecule has 8 heteroatoms. The molecule has 0 spiro atoms. The van der Waals surface area contributed by atoms with E-state index in [2.05, 4.69) is 31.4 Å². The number of rotatable bonds is 9. The molecule has 0 aliphatic rings. The summed E-state index contributed by atoms with van der Waals surface area (Å²) in [6.07, 6.45) is 0. The number of nitrogens with two attached hydrogens (primary N) is 1. The van der Waals surface area contributed by atoms with Crippen LogP contribution in [0.25, 0.3) is 0 Å². The first-order valence-corrected chi connectivity index (χ1v) is 11.8.